The summed E-state index contributed by atoms with van der Waals surface area (Å²) in [6.45, 7) is 0. The van der Waals surface area contributed by atoms with Gasteiger partial charge in [0.2, 0.25) is 6.08 Å². The van der Waals surface area contributed by atoms with Crippen molar-refractivity contribution >= 4 is 29.3 Å². The molecule has 0 heterocycles. The van der Waals surface area contributed by atoms with Crippen LogP contribution in [0.5, 0.6) is 5.75 Å². The third-order valence-corrected chi connectivity index (χ3v) is 2.57. The van der Waals surface area contributed by atoms with Gasteiger partial charge in [-0.2, -0.15) is 4.99 Å². The van der Waals surface area contributed by atoms with Gasteiger partial charge in [0.15, 0.2) is 0 Å². The molecule has 0 saturated carbocycles. The minimum absolute atomic E-state index is 0.195. The molecule has 0 saturated heterocycles. The minimum Gasteiger partial charge on any atom is -0.423 e. The summed E-state index contributed by atoms with van der Waals surface area (Å²) in [5.74, 6) is -0.240. The average molecular weight is 274 g/mol. The Hall–Kier alpha value is -2.42. The predicted molar refractivity (Wildman–Crippen MR) is 70.6 cm³/mol. The van der Waals surface area contributed by atoms with E-state index >= 15 is 0 Å². The van der Waals surface area contributed by atoms with Gasteiger partial charge in [0, 0.05) is 5.02 Å². The molecule has 0 radical (unpaired) electrons. The number of benzene rings is 2. The van der Waals surface area contributed by atoms with Gasteiger partial charge in [0.25, 0.3) is 0 Å². The summed E-state index contributed by atoms with van der Waals surface area (Å²) in [5, 5.41) is 0.547. The number of hydrogen-bond acceptors (Lipinski definition) is 4. The first-order chi connectivity index (χ1) is 9.20. The van der Waals surface area contributed by atoms with Crippen LogP contribution < -0.4 is 4.74 Å². The van der Waals surface area contributed by atoms with E-state index in [4.69, 9.17) is 16.3 Å². The van der Waals surface area contributed by atoms with Crippen molar-refractivity contribution in [3.8, 4) is 5.75 Å². The summed E-state index contributed by atoms with van der Waals surface area (Å²) in [7, 11) is 0. The van der Waals surface area contributed by atoms with E-state index in [1.165, 1.54) is 18.2 Å². The molecule has 0 N–H and O–H groups in total. The molecule has 0 aliphatic carbocycles. The fourth-order valence-corrected chi connectivity index (χ4v) is 1.58. The number of ether oxygens (including phenoxy) is 1. The molecule has 0 amide bonds. The number of rotatable bonds is 3. The molecule has 0 aliphatic rings. The quantitative estimate of drug-likeness (QED) is 0.372. The highest BCUT2D eigenvalue weighted by Crippen LogP contribution is 2.21. The number of para-hydroxylation sites is 1. The third kappa shape index (κ3) is 3.28. The molecule has 5 heteroatoms. The molecular formula is C14H8ClNO3. The van der Waals surface area contributed by atoms with Crippen molar-refractivity contribution in [2.45, 2.75) is 0 Å². The zero-order chi connectivity index (χ0) is 13.7. The highest BCUT2D eigenvalue weighted by molar-refractivity contribution is 6.30. The number of hydrogen-bond donors (Lipinski definition) is 0. The summed E-state index contributed by atoms with van der Waals surface area (Å²) in [6, 6.07) is 12.7. The Bertz CT molecular complexity index is 646. The fourth-order valence-electron chi connectivity index (χ4n) is 1.46. The van der Waals surface area contributed by atoms with Crippen molar-refractivity contribution in [2.75, 3.05) is 0 Å². The van der Waals surface area contributed by atoms with Crippen molar-refractivity contribution in [1.82, 2.24) is 0 Å². The van der Waals surface area contributed by atoms with E-state index in [0.717, 1.165) is 0 Å². The molecule has 0 bridgehead atoms. The maximum Gasteiger partial charge on any atom is 0.345 e. The van der Waals surface area contributed by atoms with Crippen molar-refractivity contribution in [3.05, 3.63) is 59.1 Å². The molecule has 0 atom stereocenters. The van der Waals surface area contributed by atoms with Gasteiger partial charge in [-0.15, -0.1) is 0 Å². The largest absolute Gasteiger partial charge is 0.423 e. The van der Waals surface area contributed by atoms with Crippen LogP contribution in [0, 0.1) is 0 Å². The van der Waals surface area contributed by atoms with Gasteiger partial charge in [-0.25, -0.2) is 9.59 Å². The van der Waals surface area contributed by atoms with Crippen LogP contribution in [0.4, 0.5) is 5.69 Å². The molecule has 2 aromatic carbocycles. The molecule has 19 heavy (non-hydrogen) atoms. The van der Waals surface area contributed by atoms with E-state index in [1.54, 1.807) is 36.4 Å². The van der Waals surface area contributed by atoms with Crippen molar-refractivity contribution in [2.24, 2.45) is 4.99 Å². The summed E-state index contributed by atoms with van der Waals surface area (Å²) in [6.07, 6.45) is 1.40. The zero-order valence-corrected chi connectivity index (χ0v) is 10.4. The van der Waals surface area contributed by atoms with Gasteiger partial charge in [0.1, 0.15) is 5.75 Å². The number of halogens is 1. The second-order valence-corrected chi connectivity index (χ2v) is 4.00. The first-order valence-corrected chi connectivity index (χ1v) is 5.73. The number of esters is 1. The van der Waals surface area contributed by atoms with Crippen molar-refractivity contribution in [1.29, 1.82) is 0 Å². The number of carbonyl (C=O) groups excluding carboxylic acids is 2. The van der Waals surface area contributed by atoms with Crippen LogP contribution in [-0.4, -0.2) is 12.0 Å². The summed E-state index contributed by atoms with van der Waals surface area (Å²) < 4.78 is 5.16. The lowest BCUT2D eigenvalue weighted by molar-refractivity contribution is 0.0735. The van der Waals surface area contributed by atoms with Gasteiger partial charge in [-0.05, 0) is 36.4 Å². The van der Waals surface area contributed by atoms with Gasteiger partial charge in [0.05, 0.1) is 11.3 Å². The Morgan fingerprint density at radius 2 is 1.79 bits per heavy atom. The normalized spacial score (nSPS) is 9.53. The lowest BCUT2D eigenvalue weighted by Crippen LogP contribution is -2.08. The van der Waals surface area contributed by atoms with E-state index in [0.29, 0.717) is 10.8 Å². The highest BCUT2D eigenvalue weighted by atomic mass is 35.5. The number of isocyanates is 1. The Morgan fingerprint density at radius 3 is 2.47 bits per heavy atom. The highest BCUT2D eigenvalue weighted by Gasteiger charge is 2.13. The van der Waals surface area contributed by atoms with Crippen LogP contribution >= 0.6 is 11.6 Å². The monoisotopic (exact) mass is 273 g/mol. The molecular weight excluding hydrogens is 266 g/mol. The van der Waals surface area contributed by atoms with Gasteiger partial charge in [-0.1, -0.05) is 23.7 Å². The van der Waals surface area contributed by atoms with Crippen molar-refractivity contribution in [3.63, 3.8) is 0 Å². The third-order valence-electron chi connectivity index (χ3n) is 2.31. The molecule has 94 valence electrons. The maximum absolute atomic E-state index is 11.9. The SMILES string of the molecule is O=C=Nc1ccccc1C(=O)Oc1ccc(Cl)cc1. The van der Waals surface area contributed by atoms with E-state index in [-0.39, 0.29) is 11.3 Å². The zero-order valence-electron chi connectivity index (χ0n) is 9.67. The first kappa shape index (κ1) is 13.0. The molecule has 0 spiro atoms. The molecule has 0 unspecified atom stereocenters. The number of nitrogens with zero attached hydrogens (tertiary/aromatic N) is 1. The minimum atomic E-state index is -0.600. The second kappa shape index (κ2) is 5.96. The van der Waals surface area contributed by atoms with Gasteiger partial charge < -0.3 is 4.74 Å². The Kier molecular flexibility index (Phi) is 4.08. The maximum atomic E-state index is 11.9. The molecule has 4 nitrogen and oxygen atoms in total. The Morgan fingerprint density at radius 1 is 1.11 bits per heavy atom. The topological polar surface area (TPSA) is 55.7 Å². The summed E-state index contributed by atoms with van der Waals surface area (Å²) in [5.41, 5.74) is 0.414. The Balaban J connectivity index is 2.25. The van der Waals surface area contributed by atoms with E-state index in [2.05, 4.69) is 4.99 Å². The molecule has 0 aliphatic heterocycles. The average Bonchev–Trinajstić information content (AvgIpc) is 2.42. The van der Waals surface area contributed by atoms with E-state index in [9.17, 15) is 9.59 Å². The fraction of sp³-hybridized carbons (Fsp3) is 0. The lowest BCUT2D eigenvalue weighted by Gasteiger charge is -2.05. The number of carbonyl (C=O) groups is 1. The van der Waals surface area contributed by atoms with Crippen LogP contribution in [0.3, 0.4) is 0 Å². The molecule has 2 aromatic rings. The summed E-state index contributed by atoms with van der Waals surface area (Å²) >= 11 is 5.73. The summed E-state index contributed by atoms with van der Waals surface area (Å²) in [4.78, 5) is 25.7. The lowest BCUT2D eigenvalue weighted by atomic mass is 10.2. The molecule has 2 rings (SSSR count). The predicted octanol–water partition coefficient (Wildman–Crippen LogP) is 3.53. The van der Waals surface area contributed by atoms with Crippen LogP contribution in [0.25, 0.3) is 0 Å². The van der Waals surface area contributed by atoms with Crippen LogP contribution in [-0.2, 0) is 4.79 Å². The van der Waals surface area contributed by atoms with E-state index < -0.39 is 5.97 Å². The standard InChI is InChI=1S/C14H8ClNO3/c15-10-5-7-11(8-6-10)19-14(18)12-3-1-2-4-13(12)16-9-17/h1-8H. The molecule has 0 aromatic heterocycles. The van der Waals surface area contributed by atoms with Crippen LogP contribution in [0.2, 0.25) is 5.02 Å². The van der Waals surface area contributed by atoms with E-state index in [1.807, 2.05) is 0 Å². The number of aliphatic imine (C=N–C) groups is 1. The van der Waals surface area contributed by atoms with Crippen LogP contribution in [0.15, 0.2) is 53.5 Å². The van der Waals surface area contributed by atoms with Gasteiger partial charge in [-0.3, -0.25) is 0 Å². The molecule has 0 fully saturated rings. The first-order valence-electron chi connectivity index (χ1n) is 5.35. The van der Waals surface area contributed by atoms with Crippen molar-refractivity contribution < 1.29 is 14.3 Å². The van der Waals surface area contributed by atoms with Gasteiger partial charge >= 0.3 is 5.97 Å². The van der Waals surface area contributed by atoms with Crippen LogP contribution in [0.1, 0.15) is 10.4 Å². The smallest absolute Gasteiger partial charge is 0.345 e. The Labute approximate surface area is 114 Å². The second-order valence-electron chi connectivity index (χ2n) is 3.56.